The minimum atomic E-state index is -3.57. The monoisotopic (exact) mass is 280 g/mol. The molecule has 0 fully saturated rings. The van der Waals surface area contributed by atoms with Crippen LogP contribution in [-0.2, 0) is 19.5 Å². The summed E-state index contributed by atoms with van der Waals surface area (Å²) in [5, 5.41) is 0. The predicted octanol–water partition coefficient (Wildman–Crippen LogP) is 3.24. The van der Waals surface area contributed by atoms with Crippen LogP contribution in [0.1, 0.15) is 5.56 Å². The first-order valence-electron chi connectivity index (χ1n) is 5.33. The second kappa shape index (κ2) is 6.04. The van der Waals surface area contributed by atoms with E-state index in [4.69, 9.17) is 3.63 Å². The van der Waals surface area contributed by atoms with E-state index in [1.54, 1.807) is 36.4 Å². The smallest absolute Gasteiger partial charge is 0.198 e. The quantitative estimate of drug-likeness (QED) is 0.789. The van der Waals surface area contributed by atoms with E-state index in [2.05, 4.69) is 0 Å². The number of hydrogen-bond acceptors (Lipinski definition) is 4. The van der Waals surface area contributed by atoms with Crippen molar-refractivity contribution in [3.63, 3.8) is 0 Å². The zero-order valence-electron chi connectivity index (χ0n) is 9.52. The molecule has 0 atom stereocenters. The van der Waals surface area contributed by atoms with Gasteiger partial charge in [0.1, 0.15) is 5.75 Å². The third-order valence-electron chi connectivity index (χ3n) is 2.16. The minimum Gasteiger partial charge on any atom is -0.198 e. The molecule has 0 bridgehead atoms. The molecule has 0 unspecified atom stereocenters. The van der Waals surface area contributed by atoms with E-state index in [9.17, 15) is 8.42 Å². The van der Waals surface area contributed by atoms with Gasteiger partial charge in [-0.3, -0.25) is 0 Å². The molecule has 18 heavy (non-hydrogen) atoms. The molecule has 0 aliphatic carbocycles. The van der Waals surface area contributed by atoms with Crippen molar-refractivity contribution in [1.29, 1.82) is 0 Å². The summed E-state index contributed by atoms with van der Waals surface area (Å²) in [6.07, 6.45) is 0. The molecular formula is C13H12O3S2. The third kappa shape index (κ3) is 4.18. The molecule has 94 valence electrons. The number of benzene rings is 2. The van der Waals surface area contributed by atoms with Crippen LogP contribution in [0.5, 0.6) is 0 Å². The highest BCUT2D eigenvalue weighted by atomic mass is 32.3. The summed E-state index contributed by atoms with van der Waals surface area (Å²) < 4.78 is 28.4. The van der Waals surface area contributed by atoms with Crippen LogP contribution in [0.4, 0.5) is 0 Å². The van der Waals surface area contributed by atoms with E-state index in [1.165, 1.54) is 0 Å². The van der Waals surface area contributed by atoms with Gasteiger partial charge < -0.3 is 0 Å². The van der Waals surface area contributed by atoms with Gasteiger partial charge in [-0.05, 0) is 17.7 Å². The lowest BCUT2D eigenvalue weighted by Crippen LogP contribution is -2.04. The molecule has 0 saturated carbocycles. The maximum atomic E-state index is 11.7. The second-order valence-corrected chi connectivity index (χ2v) is 6.24. The Balaban J connectivity index is 1.96. The molecule has 0 heterocycles. The largest absolute Gasteiger partial charge is 0.282 e. The Hall–Kier alpha value is -1.30. The highest BCUT2D eigenvalue weighted by Crippen LogP contribution is 2.22. The van der Waals surface area contributed by atoms with Gasteiger partial charge in [0.15, 0.2) is 0 Å². The lowest BCUT2D eigenvalue weighted by Gasteiger charge is -2.04. The second-order valence-electron chi connectivity index (χ2n) is 3.65. The van der Waals surface area contributed by atoms with Gasteiger partial charge >= 0.3 is 0 Å². The van der Waals surface area contributed by atoms with Gasteiger partial charge in [0, 0.05) is 16.9 Å². The minimum absolute atomic E-state index is 0.117. The highest BCUT2D eigenvalue weighted by molar-refractivity contribution is 8.04. The molecular weight excluding hydrogens is 268 g/mol. The fourth-order valence-electron chi connectivity index (χ4n) is 1.37. The molecule has 5 heteroatoms. The van der Waals surface area contributed by atoms with Gasteiger partial charge in [-0.2, -0.15) is 12.0 Å². The van der Waals surface area contributed by atoms with Crippen LogP contribution in [-0.4, -0.2) is 8.42 Å². The van der Waals surface area contributed by atoms with Crippen molar-refractivity contribution in [2.24, 2.45) is 0 Å². The van der Waals surface area contributed by atoms with E-state index >= 15 is 0 Å². The first kappa shape index (κ1) is 13.1. The van der Waals surface area contributed by atoms with Gasteiger partial charge in [-0.25, -0.2) is 0 Å². The van der Waals surface area contributed by atoms with Crippen LogP contribution < -0.4 is 0 Å². The van der Waals surface area contributed by atoms with Crippen LogP contribution in [0.15, 0.2) is 65.6 Å². The summed E-state index contributed by atoms with van der Waals surface area (Å²) in [7, 11) is -3.57. The Morgan fingerprint density at radius 2 is 1.44 bits per heavy atom. The highest BCUT2D eigenvalue weighted by Gasteiger charge is 2.13. The average molecular weight is 280 g/mol. The normalized spacial score (nSPS) is 11.3. The van der Waals surface area contributed by atoms with Crippen LogP contribution in [0.3, 0.4) is 0 Å². The molecule has 0 aromatic heterocycles. The van der Waals surface area contributed by atoms with Crippen LogP contribution >= 0.6 is 12.0 Å². The fraction of sp³-hybridized carbons (Fsp3) is 0.0769. The van der Waals surface area contributed by atoms with Crippen LogP contribution in [0.2, 0.25) is 0 Å². The van der Waals surface area contributed by atoms with Gasteiger partial charge in [0.2, 0.25) is 0 Å². The van der Waals surface area contributed by atoms with Gasteiger partial charge in [-0.15, -0.1) is 0 Å². The molecule has 2 rings (SSSR count). The maximum Gasteiger partial charge on any atom is 0.282 e. The summed E-state index contributed by atoms with van der Waals surface area (Å²) in [6, 6.07) is 18.1. The lowest BCUT2D eigenvalue weighted by atomic mass is 10.2. The zero-order valence-corrected chi connectivity index (χ0v) is 11.2. The topological polar surface area (TPSA) is 43.4 Å². The van der Waals surface area contributed by atoms with Gasteiger partial charge in [-0.1, -0.05) is 48.5 Å². The lowest BCUT2D eigenvalue weighted by molar-refractivity contribution is 0.517. The van der Waals surface area contributed by atoms with E-state index in [0.717, 1.165) is 16.9 Å². The molecule has 2 aromatic carbocycles. The molecule has 2 aromatic rings. The van der Waals surface area contributed by atoms with Crippen LogP contribution in [0.25, 0.3) is 0 Å². The molecule has 0 saturated heterocycles. The van der Waals surface area contributed by atoms with Crippen molar-refractivity contribution in [2.45, 2.75) is 10.6 Å². The van der Waals surface area contributed by atoms with Crippen molar-refractivity contribution >= 4 is 22.2 Å². The molecule has 0 spiro atoms. The van der Waals surface area contributed by atoms with E-state index in [1.807, 2.05) is 24.3 Å². The summed E-state index contributed by atoms with van der Waals surface area (Å²) in [4.78, 5) is 0.758. The Morgan fingerprint density at radius 1 is 0.889 bits per heavy atom. The maximum absolute atomic E-state index is 11.7. The molecule has 0 amide bonds. The summed E-state index contributed by atoms with van der Waals surface area (Å²) in [5.74, 6) is -0.117. The Kier molecular flexibility index (Phi) is 4.41. The Bertz CT molecular complexity index is 580. The zero-order chi connectivity index (χ0) is 12.8. The SMILES string of the molecule is O=S(=O)(Cc1ccccc1)OSc1ccccc1. The molecule has 0 radical (unpaired) electrons. The van der Waals surface area contributed by atoms with Crippen molar-refractivity contribution in [3.8, 4) is 0 Å². The first-order chi connectivity index (χ1) is 8.66. The van der Waals surface area contributed by atoms with Crippen molar-refractivity contribution in [2.75, 3.05) is 0 Å². The summed E-state index contributed by atoms with van der Waals surface area (Å²) in [6.45, 7) is 0. The number of hydrogen-bond donors (Lipinski definition) is 0. The molecule has 0 aliphatic heterocycles. The fourth-order valence-corrected chi connectivity index (χ4v) is 3.16. The molecule has 0 N–H and O–H groups in total. The van der Waals surface area contributed by atoms with E-state index in [-0.39, 0.29) is 5.75 Å². The van der Waals surface area contributed by atoms with Gasteiger partial charge in [0.25, 0.3) is 10.1 Å². The first-order valence-corrected chi connectivity index (χ1v) is 7.65. The Labute approximate surface area is 111 Å². The van der Waals surface area contributed by atoms with Crippen molar-refractivity contribution in [1.82, 2.24) is 0 Å². The summed E-state index contributed by atoms with van der Waals surface area (Å²) in [5.41, 5.74) is 0.714. The van der Waals surface area contributed by atoms with Crippen molar-refractivity contribution in [3.05, 3.63) is 66.2 Å². The van der Waals surface area contributed by atoms with Gasteiger partial charge in [0.05, 0.1) is 0 Å². The molecule has 0 aliphatic rings. The summed E-state index contributed by atoms with van der Waals surface area (Å²) >= 11 is 0.859. The van der Waals surface area contributed by atoms with E-state index < -0.39 is 10.1 Å². The third-order valence-corrected chi connectivity index (χ3v) is 4.42. The van der Waals surface area contributed by atoms with E-state index in [0.29, 0.717) is 5.56 Å². The molecule has 3 nitrogen and oxygen atoms in total. The predicted molar refractivity (Wildman–Crippen MR) is 72.4 cm³/mol. The van der Waals surface area contributed by atoms with Crippen molar-refractivity contribution < 1.29 is 12.0 Å². The average Bonchev–Trinajstić information content (AvgIpc) is 2.38. The standard InChI is InChI=1S/C13H12O3S2/c14-18(15,11-12-7-3-1-4-8-12)16-17-13-9-5-2-6-10-13/h1-10H,11H2. The number of rotatable bonds is 5. The van der Waals surface area contributed by atoms with Crippen LogP contribution in [0, 0.1) is 0 Å². The Morgan fingerprint density at radius 3 is 2.06 bits per heavy atom.